The minimum Gasteiger partial charge on any atom is -0.366 e. The summed E-state index contributed by atoms with van der Waals surface area (Å²) in [5.74, 6) is 2.06. The van der Waals surface area contributed by atoms with Gasteiger partial charge in [-0.05, 0) is 51.5 Å². The van der Waals surface area contributed by atoms with E-state index in [2.05, 4.69) is 44.0 Å². The van der Waals surface area contributed by atoms with Gasteiger partial charge >= 0.3 is 6.03 Å². The molecule has 0 spiro atoms. The Hall–Kier alpha value is -2.90. The maximum absolute atomic E-state index is 13.2. The van der Waals surface area contributed by atoms with Crippen LogP contribution < -0.4 is 20.0 Å². The molecule has 0 unspecified atom stereocenters. The molecule has 1 atom stereocenters. The van der Waals surface area contributed by atoms with Crippen LogP contribution in [0.5, 0.6) is 0 Å². The monoisotopic (exact) mass is 381 g/mol. The van der Waals surface area contributed by atoms with Gasteiger partial charge in [0.2, 0.25) is 0 Å². The highest BCUT2D eigenvalue weighted by Gasteiger charge is 2.40. The van der Waals surface area contributed by atoms with E-state index >= 15 is 0 Å². The SMILES string of the molecule is C=N/C=C(\N=CC)NC(=O)N1c2nc(N3CCCCC3)ccc2N2CC[C@H]1C2. The van der Waals surface area contributed by atoms with E-state index in [1.54, 1.807) is 18.0 Å². The molecule has 28 heavy (non-hydrogen) atoms. The second kappa shape index (κ2) is 8.00. The van der Waals surface area contributed by atoms with Crippen LogP contribution in [0.1, 0.15) is 32.6 Å². The average molecular weight is 381 g/mol. The zero-order valence-electron chi connectivity index (χ0n) is 16.3. The lowest BCUT2D eigenvalue weighted by atomic mass is 10.1. The molecule has 2 saturated heterocycles. The van der Waals surface area contributed by atoms with Crippen molar-refractivity contribution < 1.29 is 4.79 Å². The quantitative estimate of drug-likeness (QED) is 0.814. The van der Waals surface area contributed by atoms with Crippen molar-refractivity contribution >= 4 is 36.3 Å². The molecule has 3 aliphatic rings. The second-order valence-corrected chi connectivity index (χ2v) is 7.33. The first-order chi connectivity index (χ1) is 13.7. The number of hydrogen-bond donors (Lipinski definition) is 1. The molecular weight excluding hydrogens is 354 g/mol. The number of hydrogen-bond acceptors (Lipinski definition) is 6. The first-order valence-corrected chi connectivity index (χ1v) is 9.97. The minimum atomic E-state index is -0.225. The third-order valence-electron chi connectivity index (χ3n) is 5.55. The standard InChI is InChI=1S/C20H27N7O/c1-3-22-17(13-21-2)23-20(28)27-15-9-12-26(14-15)16-7-8-18(24-19(16)27)25-10-5-4-6-11-25/h3,7-8,13,15H,2,4-6,9-12,14H2,1H3,(H,23,28)/b17-13+,22-3?/t15-/m0/s1. The molecule has 2 fully saturated rings. The maximum atomic E-state index is 13.2. The fourth-order valence-electron chi connectivity index (χ4n) is 4.25. The summed E-state index contributed by atoms with van der Waals surface area (Å²) in [6.45, 7) is 9.06. The van der Waals surface area contributed by atoms with Gasteiger partial charge in [0.25, 0.3) is 0 Å². The van der Waals surface area contributed by atoms with Crippen LogP contribution in [-0.4, -0.2) is 56.2 Å². The number of amides is 2. The lowest BCUT2D eigenvalue weighted by molar-refractivity contribution is 0.246. The predicted molar refractivity (Wildman–Crippen MR) is 114 cm³/mol. The molecule has 0 aromatic carbocycles. The first-order valence-electron chi connectivity index (χ1n) is 9.97. The number of pyridine rings is 1. The van der Waals surface area contributed by atoms with Gasteiger partial charge in [-0.3, -0.25) is 15.2 Å². The summed E-state index contributed by atoms with van der Waals surface area (Å²) >= 11 is 0. The lowest BCUT2D eigenvalue weighted by Gasteiger charge is -2.37. The molecule has 3 aliphatic heterocycles. The van der Waals surface area contributed by atoms with E-state index < -0.39 is 0 Å². The van der Waals surface area contributed by atoms with Crippen LogP contribution in [0.15, 0.2) is 34.1 Å². The molecule has 2 bridgehead atoms. The zero-order valence-corrected chi connectivity index (χ0v) is 16.3. The van der Waals surface area contributed by atoms with Crippen LogP contribution in [0.4, 0.5) is 22.1 Å². The van der Waals surface area contributed by atoms with Gasteiger partial charge in [-0.1, -0.05) is 0 Å². The highest BCUT2D eigenvalue weighted by atomic mass is 16.2. The van der Waals surface area contributed by atoms with Crippen molar-refractivity contribution in [2.45, 2.75) is 38.6 Å². The normalized spacial score (nSPS) is 21.8. The average Bonchev–Trinajstić information content (AvgIpc) is 3.13. The lowest BCUT2D eigenvalue weighted by Crippen LogP contribution is -2.50. The third-order valence-corrected chi connectivity index (χ3v) is 5.55. The van der Waals surface area contributed by atoms with Gasteiger partial charge in [0.05, 0.1) is 17.9 Å². The zero-order chi connectivity index (χ0) is 19.5. The van der Waals surface area contributed by atoms with Crippen LogP contribution in [-0.2, 0) is 0 Å². The summed E-state index contributed by atoms with van der Waals surface area (Å²) < 4.78 is 0. The van der Waals surface area contributed by atoms with Crippen molar-refractivity contribution in [2.75, 3.05) is 40.9 Å². The summed E-state index contributed by atoms with van der Waals surface area (Å²) in [6.07, 6.45) is 7.65. The van der Waals surface area contributed by atoms with E-state index in [1.165, 1.54) is 25.5 Å². The van der Waals surface area contributed by atoms with E-state index in [0.29, 0.717) is 5.82 Å². The molecular formula is C20H27N7O. The molecule has 148 valence electrons. The molecule has 0 saturated carbocycles. The molecule has 0 aliphatic carbocycles. The second-order valence-electron chi connectivity index (χ2n) is 7.33. The Morgan fingerprint density at radius 2 is 2.07 bits per heavy atom. The number of anilines is 3. The van der Waals surface area contributed by atoms with Crippen LogP contribution >= 0.6 is 0 Å². The first kappa shape index (κ1) is 18.5. The molecule has 8 nitrogen and oxygen atoms in total. The van der Waals surface area contributed by atoms with Gasteiger partial charge in [0.15, 0.2) is 11.6 Å². The minimum absolute atomic E-state index is 0.111. The van der Waals surface area contributed by atoms with Crippen LogP contribution in [0, 0.1) is 0 Å². The van der Waals surface area contributed by atoms with Crippen molar-refractivity contribution in [3.63, 3.8) is 0 Å². The highest BCUT2D eigenvalue weighted by Crippen LogP contribution is 2.40. The largest absolute Gasteiger partial charge is 0.366 e. The summed E-state index contributed by atoms with van der Waals surface area (Å²) in [5.41, 5.74) is 1.02. The van der Waals surface area contributed by atoms with Gasteiger partial charge in [0, 0.05) is 32.4 Å². The summed E-state index contributed by atoms with van der Waals surface area (Å²) in [6, 6.07) is 4.09. The molecule has 0 radical (unpaired) electrons. The number of urea groups is 1. The van der Waals surface area contributed by atoms with Crippen molar-refractivity contribution in [2.24, 2.45) is 9.98 Å². The Balaban J connectivity index is 1.66. The smallest absolute Gasteiger partial charge is 0.329 e. The number of nitrogens with zero attached hydrogens (tertiary/aromatic N) is 6. The molecule has 2 amide bonds. The molecule has 4 rings (SSSR count). The number of fused-ring (bicyclic) bond motifs is 4. The Morgan fingerprint density at radius 1 is 1.25 bits per heavy atom. The van der Waals surface area contributed by atoms with Gasteiger partial charge in [-0.2, -0.15) is 0 Å². The van der Waals surface area contributed by atoms with Crippen LogP contribution in [0.2, 0.25) is 0 Å². The summed E-state index contributed by atoms with van der Waals surface area (Å²) in [7, 11) is 0. The van der Waals surface area contributed by atoms with Crippen molar-refractivity contribution in [3.05, 3.63) is 24.2 Å². The van der Waals surface area contributed by atoms with Gasteiger partial charge in [-0.15, -0.1) is 0 Å². The molecule has 8 heteroatoms. The van der Waals surface area contributed by atoms with E-state index in [-0.39, 0.29) is 12.1 Å². The van der Waals surface area contributed by atoms with Crippen molar-refractivity contribution in [1.29, 1.82) is 0 Å². The number of carbonyl (C=O) groups is 1. The number of carbonyl (C=O) groups excluding carboxylic acids is 1. The van der Waals surface area contributed by atoms with E-state index in [4.69, 9.17) is 4.98 Å². The number of nitrogens with one attached hydrogen (secondary N) is 1. The number of rotatable bonds is 4. The molecule has 4 heterocycles. The van der Waals surface area contributed by atoms with Crippen molar-refractivity contribution in [1.82, 2.24) is 10.3 Å². The van der Waals surface area contributed by atoms with Crippen molar-refractivity contribution in [3.8, 4) is 0 Å². The summed E-state index contributed by atoms with van der Waals surface area (Å²) in [5, 5.41) is 2.86. The Labute approximate surface area is 165 Å². The molecule has 1 aromatic heterocycles. The molecule has 1 aromatic rings. The number of piperidine rings is 1. The third kappa shape index (κ3) is 3.46. The van der Waals surface area contributed by atoms with Gasteiger partial charge < -0.3 is 9.80 Å². The highest BCUT2D eigenvalue weighted by molar-refractivity contribution is 5.98. The number of aromatic nitrogens is 1. The summed E-state index contributed by atoms with van der Waals surface area (Å²) in [4.78, 5) is 32.4. The van der Waals surface area contributed by atoms with E-state index in [1.807, 2.05) is 0 Å². The predicted octanol–water partition coefficient (Wildman–Crippen LogP) is 2.77. The van der Waals surface area contributed by atoms with Crippen LogP contribution in [0.3, 0.4) is 0 Å². The Kier molecular flexibility index (Phi) is 5.27. The van der Waals surface area contributed by atoms with Gasteiger partial charge in [0.1, 0.15) is 5.82 Å². The van der Waals surface area contributed by atoms with Gasteiger partial charge in [-0.25, -0.2) is 14.8 Å². The number of aliphatic imine (C=N–C) groups is 2. The van der Waals surface area contributed by atoms with E-state index in [9.17, 15) is 4.79 Å². The molecule has 1 N–H and O–H groups in total. The topological polar surface area (TPSA) is 76.4 Å². The Bertz CT molecular complexity index is 813. The van der Waals surface area contributed by atoms with E-state index in [0.717, 1.165) is 49.9 Å². The Morgan fingerprint density at radius 3 is 2.82 bits per heavy atom. The fourth-order valence-corrected chi connectivity index (χ4v) is 4.25. The fraction of sp³-hybridized carbons (Fsp3) is 0.500. The van der Waals surface area contributed by atoms with Crippen LogP contribution in [0.25, 0.3) is 0 Å². The maximum Gasteiger partial charge on any atom is 0.329 e.